The van der Waals surface area contributed by atoms with E-state index >= 15 is 0 Å². The Hall–Kier alpha value is -2.99. The summed E-state index contributed by atoms with van der Waals surface area (Å²) in [7, 11) is -2.67. The molecule has 0 aromatic heterocycles. The van der Waals surface area contributed by atoms with Gasteiger partial charge in [0.2, 0.25) is 0 Å². The van der Waals surface area contributed by atoms with E-state index in [2.05, 4.69) is 124 Å². The van der Waals surface area contributed by atoms with E-state index in [-0.39, 0.29) is 28.9 Å². The molecule has 3 aromatic rings. The van der Waals surface area contributed by atoms with Crippen LogP contribution in [0.1, 0.15) is 58.4 Å². The molecule has 0 radical (unpaired) electrons. The van der Waals surface area contributed by atoms with Crippen molar-refractivity contribution >= 4 is 24.7 Å². The largest absolute Gasteiger partial charge is 0.481 e. The number of rotatable bonds is 12. The standard InChI is InChI=1S/C36H44O4Si/c1-35(2,3)41(29-19-11-7-12-20-29,30-21-13-8-14-22-30)40-26-31-32(23-15-4-5-16-24-34(37)38)36(25-33(31)39-27-36)28-17-9-6-10-18-28/h4,6-15,17-22,31-33H,5,16,23-27H2,1-3H3,(H,37,38)/b15-4-/t31-,32-,33-,36-/m1/s1. The third kappa shape index (κ3) is 5.86. The maximum atomic E-state index is 10.9. The maximum absolute atomic E-state index is 10.9. The van der Waals surface area contributed by atoms with E-state index in [1.807, 2.05) is 0 Å². The molecule has 0 unspecified atom stereocenters. The zero-order valence-corrected chi connectivity index (χ0v) is 25.7. The molecule has 2 bridgehead atoms. The van der Waals surface area contributed by atoms with Gasteiger partial charge in [-0.2, -0.15) is 0 Å². The normalized spacial score (nSPS) is 24.2. The summed E-state index contributed by atoms with van der Waals surface area (Å²) in [6.45, 7) is 8.40. The summed E-state index contributed by atoms with van der Waals surface area (Å²) in [5.41, 5.74) is 1.33. The number of carbonyl (C=O) groups is 1. The van der Waals surface area contributed by atoms with Gasteiger partial charge in [-0.3, -0.25) is 4.79 Å². The third-order valence-electron chi connectivity index (χ3n) is 9.40. The number of fused-ring (bicyclic) bond motifs is 2. The fraction of sp³-hybridized carbons (Fsp3) is 0.417. The van der Waals surface area contributed by atoms with Crippen molar-refractivity contribution in [1.82, 2.24) is 0 Å². The van der Waals surface area contributed by atoms with Crippen molar-refractivity contribution in [2.75, 3.05) is 13.2 Å². The monoisotopic (exact) mass is 568 g/mol. The van der Waals surface area contributed by atoms with Gasteiger partial charge in [0.25, 0.3) is 8.32 Å². The van der Waals surface area contributed by atoms with Crippen LogP contribution in [-0.4, -0.2) is 38.7 Å². The molecule has 1 aliphatic carbocycles. The molecule has 0 spiro atoms. The van der Waals surface area contributed by atoms with E-state index in [0.717, 1.165) is 25.9 Å². The Labute approximate surface area is 246 Å². The van der Waals surface area contributed by atoms with E-state index in [1.54, 1.807) is 0 Å². The maximum Gasteiger partial charge on any atom is 0.303 e. The zero-order valence-electron chi connectivity index (χ0n) is 24.7. The number of ether oxygens (including phenoxy) is 1. The minimum Gasteiger partial charge on any atom is -0.481 e. The summed E-state index contributed by atoms with van der Waals surface area (Å²) in [4.78, 5) is 10.9. The van der Waals surface area contributed by atoms with Crippen LogP contribution in [0, 0.1) is 11.8 Å². The summed E-state index contributed by atoms with van der Waals surface area (Å²) in [5, 5.41) is 11.5. The number of hydrogen-bond donors (Lipinski definition) is 1. The molecule has 41 heavy (non-hydrogen) atoms. The second kappa shape index (κ2) is 12.5. The highest BCUT2D eigenvalue weighted by atomic mass is 28.4. The Kier molecular flexibility index (Phi) is 8.98. The Bertz CT molecular complexity index is 1260. The number of hydrogen-bond acceptors (Lipinski definition) is 3. The predicted molar refractivity (Wildman–Crippen MR) is 168 cm³/mol. The molecule has 216 valence electrons. The molecule has 1 N–H and O–H groups in total. The molecule has 1 saturated heterocycles. The minimum absolute atomic E-state index is 0.0310. The molecule has 2 aliphatic rings. The van der Waals surface area contributed by atoms with Crippen LogP contribution in [0.15, 0.2) is 103 Å². The molecular weight excluding hydrogens is 524 g/mol. The molecule has 3 aromatic carbocycles. The second-order valence-corrected chi connectivity index (χ2v) is 17.1. The number of carboxylic acids is 1. The van der Waals surface area contributed by atoms with Crippen LogP contribution >= 0.6 is 0 Å². The minimum atomic E-state index is -2.67. The van der Waals surface area contributed by atoms with E-state index in [4.69, 9.17) is 14.3 Å². The Balaban J connectivity index is 1.47. The SMILES string of the molecule is CC(C)(C)[Si](OC[C@@H]1[C@@H](C/C=C\CCCC(=O)O)[C@@]2(c3ccccc3)CO[C@@H]1C2)(c1ccccc1)c1ccccc1. The van der Waals surface area contributed by atoms with Crippen LogP contribution in [0.3, 0.4) is 0 Å². The summed E-state index contributed by atoms with van der Waals surface area (Å²) in [6.07, 6.45) is 8.26. The number of unbranched alkanes of at least 4 members (excludes halogenated alkanes) is 1. The van der Waals surface area contributed by atoms with Crippen molar-refractivity contribution in [2.45, 2.75) is 69.4 Å². The van der Waals surface area contributed by atoms with Gasteiger partial charge in [-0.05, 0) is 52.6 Å². The fourth-order valence-electron chi connectivity index (χ4n) is 7.46. The number of carboxylic acid groups (broad SMARTS) is 1. The van der Waals surface area contributed by atoms with E-state index in [9.17, 15) is 4.79 Å². The summed E-state index contributed by atoms with van der Waals surface area (Å²) >= 11 is 0. The first kappa shape index (κ1) is 29.5. The van der Waals surface area contributed by atoms with Gasteiger partial charge in [-0.25, -0.2) is 0 Å². The van der Waals surface area contributed by atoms with Gasteiger partial charge in [-0.15, -0.1) is 0 Å². The highest BCUT2D eigenvalue weighted by Crippen LogP contribution is 2.57. The van der Waals surface area contributed by atoms with E-state index < -0.39 is 14.3 Å². The first-order chi connectivity index (χ1) is 19.8. The van der Waals surface area contributed by atoms with Crippen LogP contribution < -0.4 is 10.4 Å². The molecule has 1 heterocycles. The molecule has 5 rings (SSSR count). The van der Waals surface area contributed by atoms with Crippen molar-refractivity contribution < 1.29 is 19.1 Å². The molecule has 1 aliphatic heterocycles. The Morgan fingerprint density at radius 3 is 2.10 bits per heavy atom. The Morgan fingerprint density at radius 2 is 1.54 bits per heavy atom. The third-order valence-corrected chi connectivity index (χ3v) is 14.4. The molecule has 1 saturated carbocycles. The lowest BCUT2D eigenvalue weighted by Gasteiger charge is -2.45. The van der Waals surface area contributed by atoms with Gasteiger partial charge < -0.3 is 14.3 Å². The van der Waals surface area contributed by atoms with Crippen molar-refractivity contribution in [2.24, 2.45) is 11.8 Å². The molecule has 2 fully saturated rings. The number of aliphatic carboxylic acids is 1. The van der Waals surface area contributed by atoms with Crippen LogP contribution in [0.25, 0.3) is 0 Å². The average molecular weight is 569 g/mol. The Morgan fingerprint density at radius 1 is 0.951 bits per heavy atom. The van der Waals surface area contributed by atoms with Gasteiger partial charge in [0.1, 0.15) is 0 Å². The van der Waals surface area contributed by atoms with Crippen LogP contribution in [0.5, 0.6) is 0 Å². The predicted octanol–water partition coefficient (Wildman–Crippen LogP) is 6.74. The number of benzene rings is 3. The summed E-state index contributed by atoms with van der Waals surface area (Å²) in [6, 6.07) is 32.6. The van der Waals surface area contributed by atoms with Gasteiger partial charge in [0, 0.05) is 24.4 Å². The van der Waals surface area contributed by atoms with Crippen molar-refractivity contribution in [3.63, 3.8) is 0 Å². The zero-order chi connectivity index (χ0) is 28.9. The molecule has 0 amide bonds. The molecule has 4 atom stereocenters. The van der Waals surface area contributed by atoms with Crippen LogP contribution in [0.4, 0.5) is 0 Å². The lowest BCUT2D eigenvalue weighted by molar-refractivity contribution is -0.137. The van der Waals surface area contributed by atoms with Crippen LogP contribution in [-0.2, 0) is 19.4 Å². The van der Waals surface area contributed by atoms with E-state index in [1.165, 1.54) is 15.9 Å². The molecule has 5 heteroatoms. The van der Waals surface area contributed by atoms with Gasteiger partial charge in [0.05, 0.1) is 12.7 Å². The topological polar surface area (TPSA) is 55.8 Å². The van der Waals surface area contributed by atoms with Gasteiger partial charge >= 0.3 is 5.97 Å². The highest BCUT2D eigenvalue weighted by molar-refractivity contribution is 6.99. The first-order valence-electron chi connectivity index (χ1n) is 15.1. The molecular formula is C36H44O4Si. The van der Waals surface area contributed by atoms with E-state index in [0.29, 0.717) is 18.9 Å². The second-order valence-electron chi connectivity index (χ2n) is 12.8. The lowest BCUT2D eigenvalue weighted by Crippen LogP contribution is -2.67. The summed E-state index contributed by atoms with van der Waals surface area (Å²) < 4.78 is 14.0. The van der Waals surface area contributed by atoms with Crippen molar-refractivity contribution in [1.29, 1.82) is 0 Å². The quantitative estimate of drug-likeness (QED) is 0.149. The number of allylic oxidation sites excluding steroid dienone is 2. The first-order valence-corrected chi connectivity index (χ1v) is 17.0. The fourth-order valence-corrected chi connectivity index (χ4v) is 12.1. The highest BCUT2D eigenvalue weighted by Gasteiger charge is 2.60. The van der Waals surface area contributed by atoms with Crippen LogP contribution in [0.2, 0.25) is 5.04 Å². The summed E-state index contributed by atoms with van der Waals surface area (Å²) in [5.74, 6) is -0.0703. The van der Waals surface area contributed by atoms with Gasteiger partial charge in [0.15, 0.2) is 0 Å². The van der Waals surface area contributed by atoms with Gasteiger partial charge in [-0.1, -0.05) is 124 Å². The average Bonchev–Trinajstić information content (AvgIpc) is 3.54. The van der Waals surface area contributed by atoms with Crippen molar-refractivity contribution in [3.8, 4) is 0 Å². The molecule has 4 nitrogen and oxygen atoms in total. The van der Waals surface area contributed by atoms with Crippen molar-refractivity contribution in [3.05, 3.63) is 109 Å². The lowest BCUT2D eigenvalue weighted by atomic mass is 9.69. The smallest absolute Gasteiger partial charge is 0.303 e.